The molecule has 0 fully saturated rings. The maximum Gasteiger partial charge on any atom is 0.283 e. The minimum absolute atomic E-state index is 0.0785. The molecule has 0 heterocycles. The van der Waals surface area contributed by atoms with E-state index in [1.165, 1.54) is 0 Å². The van der Waals surface area contributed by atoms with Crippen LogP contribution < -0.4 is 0 Å². The average molecular weight is 306 g/mol. The summed E-state index contributed by atoms with van der Waals surface area (Å²) in [6, 6.07) is 5.08. The number of nitrogens with zero attached hydrogens (tertiary/aromatic N) is 1. The van der Waals surface area contributed by atoms with Gasteiger partial charge in [-0.2, -0.15) is 11.8 Å². The van der Waals surface area contributed by atoms with Gasteiger partial charge in [0.05, 0.1) is 16.0 Å². The van der Waals surface area contributed by atoms with Crippen LogP contribution in [0.5, 0.6) is 0 Å². The predicted octanol–water partition coefficient (Wildman–Crippen LogP) is 2.97. The first kappa shape index (κ1) is 13.5. The van der Waals surface area contributed by atoms with Crippen molar-refractivity contribution in [2.75, 3.05) is 6.61 Å². The lowest BCUT2D eigenvalue weighted by molar-refractivity contribution is -0.385. The van der Waals surface area contributed by atoms with Crippen LogP contribution in [0.25, 0.3) is 0 Å². The summed E-state index contributed by atoms with van der Waals surface area (Å²) in [5, 5.41) is 19.7. The van der Waals surface area contributed by atoms with E-state index in [1.54, 1.807) is 23.9 Å². The van der Waals surface area contributed by atoms with Crippen LogP contribution in [0.1, 0.15) is 12.5 Å². The van der Waals surface area contributed by atoms with Gasteiger partial charge in [0, 0.05) is 17.1 Å². The van der Waals surface area contributed by atoms with Crippen molar-refractivity contribution < 1.29 is 10.0 Å². The van der Waals surface area contributed by atoms with Crippen molar-refractivity contribution in [1.29, 1.82) is 0 Å². The Morgan fingerprint density at radius 2 is 2.31 bits per heavy atom. The van der Waals surface area contributed by atoms with Gasteiger partial charge in [0.15, 0.2) is 0 Å². The standard InChI is InChI=1S/C10H12BrNO3S/c1-7(5-13)16-6-8-2-3-9(11)10(4-8)12(14)15/h2-4,7,13H,5-6H2,1H3. The molecule has 0 radical (unpaired) electrons. The first-order chi connectivity index (χ1) is 7.54. The largest absolute Gasteiger partial charge is 0.395 e. The fourth-order valence-corrected chi connectivity index (χ4v) is 2.23. The fraction of sp³-hybridized carbons (Fsp3) is 0.400. The quantitative estimate of drug-likeness (QED) is 0.671. The highest BCUT2D eigenvalue weighted by atomic mass is 79.9. The van der Waals surface area contributed by atoms with Crippen LogP contribution >= 0.6 is 27.7 Å². The summed E-state index contributed by atoms with van der Waals surface area (Å²) < 4.78 is 0.487. The highest BCUT2D eigenvalue weighted by Gasteiger charge is 2.12. The maximum atomic E-state index is 10.7. The molecule has 0 spiro atoms. The second-order valence-electron chi connectivity index (χ2n) is 3.35. The monoisotopic (exact) mass is 305 g/mol. The van der Waals surface area contributed by atoms with Gasteiger partial charge < -0.3 is 5.11 Å². The third-order valence-corrected chi connectivity index (χ3v) is 3.89. The van der Waals surface area contributed by atoms with E-state index in [-0.39, 0.29) is 17.5 Å². The van der Waals surface area contributed by atoms with Crippen LogP contribution in [0.15, 0.2) is 22.7 Å². The van der Waals surface area contributed by atoms with E-state index in [0.717, 1.165) is 5.56 Å². The summed E-state index contributed by atoms with van der Waals surface area (Å²) in [6.45, 7) is 2.03. The number of aliphatic hydroxyl groups is 1. The third kappa shape index (κ3) is 3.77. The lowest BCUT2D eigenvalue weighted by atomic mass is 10.2. The van der Waals surface area contributed by atoms with Gasteiger partial charge in [-0.3, -0.25) is 10.1 Å². The van der Waals surface area contributed by atoms with E-state index in [4.69, 9.17) is 5.11 Å². The molecule has 0 amide bonds. The van der Waals surface area contributed by atoms with Crippen molar-refractivity contribution in [3.63, 3.8) is 0 Å². The fourth-order valence-electron chi connectivity index (χ4n) is 1.08. The SMILES string of the molecule is CC(CO)SCc1ccc(Br)c([N+](=O)[O-])c1. The van der Waals surface area contributed by atoms with Gasteiger partial charge in [0.2, 0.25) is 0 Å². The van der Waals surface area contributed by atoms with Crippen LogP contribution in [0, 0.1) is 10.1 Å². The summed E-state index contributed by atoms with van der Waals surface area (Å²) in [7, 11) is 0. The number of hydrogen-bond acceptors (Lipinski definition) is 4. The Morgan fingerprint density at radius 3 is 2.88 bits per heavy atom. The molecule has 0 aliphatic heterocycles. The second-order valence-corrected chi connectivity index (χ2v) is 5.63. The predicted molar refractivity (Wildman–Crippen MR) is 68.6 cm³/mol. The van der Waals surface area contributed by atoms with Gasteiger partial charge in [-0.15, -0.1) is 0 Å². The Hall–Kier alpha value is -0.590. The number of thioether (sulfide) groups is 1. The van der Waals surface area contributed by atoms with Crippen LogP contribution in [0.3, 0.4) is 0 Å². The lowest BCUT2D eigenvalue weighted by Crippen LogP contribution is -2.02. The van der Waals surface area contributed by atoms with E-state index >= 15 is 0 Å². The van der Waals surface area contributed by atoms with Gasteiger partial charge >= 0.3 is 0 Å². The lowest BCUT2D eigenvalue weighted by Gasteiger charge is -2.07. The molecule has 1 rings (SSSR count). The van der Waals surface area contributed by atoms with Gasteiger partial charge in [-0.05, 0) is 27.6 Å². The maximum absolute atomic E-state index is 10.7. The smallest absolute Gasteiger partial charge is 0.283 e. The van der Waals surface area contributed by atoms with Crippen molar-refractivity contribution in [2.45, 2.75) is 17.9 Å². The molecule has 1 aromatic carbocycles. The minimum atomic E-state index is -0.409. The number of rotatable bonds is 5. The molecule has 4 nitrogen and oxygen atoms in total. The van der Waals surface area contributed by atoms with Crippen molar-refractivity contribution in [3.05, 3.63) is 38.3 Å². The van der Waals surface area contributed by atoms with Crippen LogP contribution in [0.4, 0.5) is 5.69 Å². The number of aliphatic hydroxyl groups excluding tert-OH is 1. The summed E-state index contributed by atoms with van der Waals surface area (Å²) in [5.74, 6) is 0.663. The molecule has 6 heteroatoms. The molecule has 0 bridgehead atoms. The van der Waals surface area contributed by atoms with Crippen molar-refractivity contribution >= 4 is 33.4 Å². The zero-order valence-corrected chi connectivity index (χ0v) is 11.1. The van der Waals surface area contributed by atoms with Crippen molar-refractivity contribution in [2.24, 2.45) is 0 Å². The van der Waals surface area contributed by atoms with E-state index in [1.807, 2.05) is 13.0 Å². The van der Waals surface area contributed by atoms with E-state index in [9.17, 15) is 10.1 Å². The molecular formula is C10H12BrNO3S. The van der Waals surface area contributed by atoms with E-state index < -0.39 is 4.92 Å². The second kappa shape index (κ2) is 6.22. The molecule has 0 saturated carbocycles. The molecular weight excluding hydrogens is 294 g/mol. The van der Waals surface area contributed by atoms with Crippen LogP contribution in [-0.4, -0.2) is 21.9 Å². The van der Waals surface area contributed by atoms with Crippen molar-refractivity contribution in [1.82, 2.24) is 0 Å². The topological polar surface area (TPSA) is 63.4 Å². The average Bonchev–Trinajstić information content (AvgIpc) is 2.27. The van der Waals surface area contributed by atoms with Crippen LogP contribution in [-0.2, 0) is 5.75 Å². The summed E-state index contributed by atoms with van der Waals surface area (Å²) in [6.07, 6.45) is 0. The Morgan fingerprint density at radius 1 is 1.62 bits per heavy atom. The highest BCUT2D eigenvalue weighted by Crippen LogP contribution is 2.27. The number of halogens is 1. The molecule has 1 N–H and O–H groups in total. The van der Waals surface area contributed by atoms with Gasteiger partial charge in [-0.25, -0.2) is 0 Å². The third-order valence-electron chi connectivity index (χ3n) is 2.00. The van der Waals surface area contributed by atoms with Gasteiger partial charge in [-0.1, -0.05) is 13.0 Å². The zero-order chi connectivity index (χ0) is 12.1. The molecule has 0 saturated heterocycles. The molecule has 0 aliphatic rings. The minimum Gasteiger partial charge on any atom is -0.395 e. The number of nitro benzene ring substituents is 1. The van der Waals surface area contributed by atoms with E-state index in [2.05, 4.69) is 15.9 Å². The number of nitro groups is 1. The zero-order valence-electron chi connectivity index (χ0n) is 8.72. The molecule has 1 unspecified atom stereocenters. The Labute approximate surface area is 106 Å². The first-order valence-corrected chi connectivity index (χ1v) is 6.54. The molecule has 1 aromatic rings. The molecule has 1 atom stereocenters. The normalized spacial score (nSPS) is 12.4. The van der Waals surface area contributed by atoms with E-state index in [0.29, 0.717) is 10.2 Å². The molecule has 0 aromatic heterocycles. The highest BCUT2D eigenvalue weighted by molar-refractivity contribution is 9.10. The Kier molecular flexibility index (Phi) is 5.24. The summed E-state index contributed by atoms with van der Waals surface area (Å²) in [4.78, 5) is 10.3. The first-order valence-electron chi connectivity index (χ1n) is 4.70. The Balaban J connectivity index is 2.75. The number of benzene rings is 1. The number of hydrogen-bond donors (Lipinski definition) is 1. The summed E-state index contributed by atoms with van der Waals surface area (Å²) in [5.41, 5.74) is 0.968. The van der Waals surface area contributed by atoms with Crippen molar-refractivity contribution in [3.8, 4) is 0 Å². The molecule has 0 aliphatic carbocycles. The Bertz CT molecular complexity index is 386. The van der Waals surface area contributed by atoms with Gasteiger partial charge in [0.1, 0.15) is 0 Å². The van der Waals surface area contributed by atoms with Gasteiger partial charge in [0.25, 0.3) is 5.69 Å². The molecule has 16 heavy (non-hydrogen) atoms. The van der Waals surface area contributed by atoms with Crippen LogP contribution in [0.2, 0.25) is 0 Å². The summed E-state index contributed by atoms with van der Waals surface area (Å²) >= 11 is 4.70. The molecule has 88 valence electrons.